The van der Waals surface area contributed by atoms with Crippen molar-refractivity contribution >= 4 is 15.8 Å². The van der Waals surface area contributed by atoms with E-state index in [0.29, 0.717) is 12.8 Å². The van der Waals surface area contributed by atoms with Gasteiger partial charge in [-0.25, -0.2) is 8.42 Å². The van der Waals surface area contributed by atoms with E-state index in [1.54, 1.807) is 7.05 Å². The van der Waals surface area contributed by atoms with Gasteiger partial charge < -0.3 is 10.1 Å². The third kappa shape index (κ3) is 3.40. The van der Waals surface area contributed by atoms with Crippen molar-refractivity contribution in [2.24, 2.45) is 0 Å². The highest BCUT2D eigenvalue weighted by Crippen LogP contribution is 2.33. The number of rotatable bonds is 4. The van der Waals surface area contributed by atoms with Gasteiger partial charge in [-0.15, -0.1) is 0 Å². The Morgan fingerprint density at radius 2 is 2.05 bits per heavy atom. The highest BCUT2D eigenvalue weighted by molar-refractivity contribution is 7.91. The van der Waals surface area contributed by atoms with E-state index in [9.17, 15) is 13.2 Å². The lowest BCUT2D eigenvalue weighted by atomic mass is 9.78. The van der Waals surface area contributed by atoms with E-state index in [4.69, 9.17) is 4.74 Å². The number of hydrogen-bond donors (Lipinski definition) is 1. The molecule has 1 heterocycles. The molecule has 1 aliphatic heterocycles. The smallest absolute Gasteiger partial charge is 0.326 e. The molecule has 1 saturated heterocycles. The van der Waals surface area contributed by atoms with Crippen LogP contribution in [0.25, 0.3) is 0 Å². The van der Waals surface area contributed by atoms with Crippen molar-refractivity contribution in [2.45, 2.75) is 49.7 Å². The molecule has 0 amide bonds. The van der Waals surface area contributed by atoms with Crippen molar-refractivity contribution in [3.63, 3.8) is 0 Å². The van der Waals surface area contributed by atoms with E-state index in [2.05, 4.69) is 10.2 Å². The van der Waals surface area contributed by atoms with Gasteiger partial charge in [-0.05, 0) is 46.2 Å². The summed E-state index contributed by atoms with van der Waals surface area (Å²) in [6, 6.07) is 0.286. The number of hydrogen-bond acceptors (Lipinski definition) is 6. The van der Waals surface area contributed by atoms with Gasteiger partial charge in [0.25, 0.3) is 0 Å². The fourth-order valence-corrected chi connectivity index (χ4v) is 5.48. The van der Waals surface area contributed by atoms with Crippen LogP contribution in [-0.4, -0.2) is 69.6 Å². The average molecular weight is 318 g/mol. The molecule has 0 radical (unpaired) electrons. The number of nitrogens with one attached hydrogen (secondary N) is 1. The molecule has 0 aromatic heterocycles. The third-order valence-corrected chi connectivity index (χ3v) is 6.89. The van der Waals surface area contributed by atoms with Crippen LogP contribution in [0.1, 0.15) is 32.1 Å². The normalized spacial score (nSPS) is 35.8. The van der Waals surface area contributed by atoms with E-state index in [1.807, 2.05) is 7.05 Å². The van der Waals surface area contributed by atoms with Crippen LogP contribution in [0.15, 0.2) is 0 Å². The molecular weight excluding hydrogens is 292 g/mol. The molecule has 2 aliphatic rings. The number of methoxy groups -OCH3 is 1. The Balaban J connectivity index is 2.08. The summed E-state index contributed by atoms with van der Waals surface area (Å²) in [5.74, 6) is 0.301. The summed E-state index contributed by atoms with van der Waals surface area (Å²) in [6.45, 7) is 0. The Hall–Kier alpha value is -0.660. The van der Waals surface area contributed by atoms with Gasteiger partial charge in [0.05, 0.1) is 18.6 Å². The summed E-state index contributed by atoms with van der Waals surface area (Å²) in [5, 5.41) is 3.14. The standard InChI is InChI=1S/C14H26N2O4S/c1-15-14(13(17)20-3)7-4-5-11(9-14)16(2)12-6-8-21(18,19)10-12/h11-12,15H,4-10H2,1-3H3. The monoisotopic (exact) mass is 318 g/mol. The molecule has 21 heavy (non-hydrogen) atoms. The molecule has 122 valence electrons. The second-order valence-corrected chi connectivity index (χ2v) is 8.52. The number of esters is 1. The van der Waals surface area contributed by atoms with E-state index < -0.39 is 15.4 Å². The van der Waals surface area contributed by atoms with Gasteiger partial charge in [-0.1, -0.05) is 0 Å². The first-order valence-corrected chi connectivity index (χ1v) is 9.35. The third-order valence-electron chi connectivity index (χ3n) is 5.14. The van der Waals surface area contributed by atoms with Gasteiger partial charge in [0, 0.05) is 12.1 Å². The van der Waals surface area contributed by atoms with Crippen LogP contribution in [0.5, 0.6) is 0 Å². The molecule has 0 aromatic rings. The lowest BCUT2D eigenvalue weighted by Crippen LogP contribution is -2.58. The maximum atomic E-state index is 12.1. The number of nitrogens with zero attached hydrogens (tertiary/aromatic N) is 1. The fraction of sp³-hybridized carbons (Fsp3) is 0.929. The maximum absolute atomic E-state index is 12.1. The molecule has 0 spiro atoms. The predicted molar refractivity (Wildman–Crippen MR) is 80.9 cm³/mol. The number of carbonyl (C=O) groups is 1. The largest absolute Gasteiger partial charge is 0.468 e. The van der Waals surface area contributed by atoms with Gasteiger partial charge in [-0.2, -0.15) is 0 Å². The lowest BCUT2D eigenvalue weighted by Gasteiger charge is -2.43. The minimum absolute atomic E-state index is 0.0744. The van der Waals surface area contributed by atoms with E-state index in [0.717, 1.165) is 19.3 Å². The van der Waals surface area contributed by atoms with Crippen molar-refractivity contribution in [1.29, 1.82) is 0 Å². The quantitative estimate of drug-likeness (QED) is 0.745. The molecule has 7 heteroatoms. The maximum Gasteiger partial charge on any atom is 0.326 e. The summed E-state index contributed by atoms with van der Waals surface area (Å²) in [7, 11) is 2.31. The van der Waals surface area contributed by atoms with Crippen molar-refractivity contribution in [2.75, 3.05) is 32.7 Å². The number of ether oxygens (including phenoxy) is 1. The zero-order valence-corrected chi connectivity index (χ0v) is 13.9. The molecule has 1 saturated carbocycles. The first-order chi connectivity index (χ1) is 9.83. The average Bonchev–Trinajstić information content (AvgIpc) is 2.85. The molecular formula is C14H26N2O4S. The Bertz CT molecular complexity index is 493. The highest BCUT2D eigenvalue weighted by atomic mass is 32.2. The zero-order valence-electron chi connectivity index (χ0n) is 13.1. The molecule has 6 nitrogen and oxygen atoms in total. The van der Waals surface area contributed by atoms with Crippen LogP contribution < -0.4 is 5.32 Å². The lowest BCUT2D eigenvalue weighted by molar-refractivity contribution is -0.151. The molecule has 0 bridgehead atoms. The molecule has 3 atom stereocenters. The molecule has 0 aromatic carbocycles. The van der Waals surface area contributed by atoms with Crippen LogP contribution in [0, 0.1) is 0 Å². The van der Waals surface area contributed by atoms with Crippen molar-refractivity contribution in [1.82, 2.24) is 10.2 Å². The number of sulfone groups is 1. The van der Waals surface area contributed by atoms with Gasteiger partial charge in [0.2, 0.25) is 0 Å². The Labute approximate surface area is 127 Å². The van der Waals surface area contributed by atoms with Crippen LogP contribution in [0.4, 0.5) is 0 Å². The van der Waals surface area contributed by atoms with E-state index >= 15 is 0 Å². The van der Waals surface area contributed by atoms with Crippen LogP contribution >= 0.6 is 0 Å². The van der Waals surface area contributed by atoms with E-state index in [1.165, 1.54) is 7.11 Å². The topological polar surface area (TPSA) is 75.7 Å². The fourth-order valence-electron chi connectivity index (χ4n) is 3.70. The Morgan fingerprint density at radius 1 is 1.33 bits per heavy atom. The summed E-state index contributed by atoms with van der Waals surface area (Å²) < 4.78 is 28.3. The first-order valence-electron chi connectivity index (χ1n) is 7.53. The van der Waals surface area contributed by atoms with Crippen molar-refractivity contribution in [3.05, 3.63) is 0 Å². The highest BCUT2D eigenvalue weighted by Gasteiger charge is 2.45. The first kappa shape index (κ1) is 16.7. The van der Waals surface area contributed by atoms with Crippen molar-refractivity contribution in [3.8, 4) is 0 Å². The predicted octanol–water partition coefficient (Wildman–Crippen LogP) is 0.179. The zero-order chi connectivity index (χ0) is 15.7. The summed E-state index contributed by atoms with van der Waals surface area (Å²) in [6.07, 6.45) is 4.06. The van der Waals surface area contributed by atoms with Crippen LogP contribution in [-0.2, 0) is 19.4 Å². The minimum atomic E-state index is -2.88. The Morgan fingerprint density at radius 3 is 2.57 bits per heavy atom. The summed E-state index contributed by atoms with van der Waals surface area (Å²) in [5.41, 5.74) is -0.636. The van der Waals surface area contributed by atoms with Gasteiger partial charge >= 0.3 is 5.97 Å². The Kier molecular flexibility index (Phi) is 4.95. The molecule has 2 rings (SSSR count). The van der Waals surface area contributed by atoms with Crippen LogP contribution in [0.2, 0.25) is 0 Å². The van der Waals surface area contributed by atoms with E-state index in [-0.39, 0.29) is 29.6 Å². The molecule has 3 unspecified atom stereocenters. The van der Waals surface area contributed by atoms with Gasteiger partial charge in [-0.3, -0.25) is 9.69 Å². The summed E-state index contributed by atoms with van der Waals surface area (Å²) >= 11 is 0. The minimum Gasteiger partial charge on any atom is -0.468 e. The van der Waals surface area contributed by atoms with Crippen LogP contribution in [0.3, 0.4) is 0 Å². The second kappa shape index (κ2) is 6.22. The number of likely N-dealkylation sites (N-methyl/N-ethyl adjacent to an activating group) is 1. The summed E-state index contributed by atoms with van der Waals surface area (Å²) in [4.78, 5) is 14.3. The number of carbonyl (C=O) groups excluding carboxylic acids is 1. The molecule has 2 fully saturated rings. The second-order valence-electron chi connectivity index (χ2n) is 6.30. The van der Waals surface area contributed by atoms with Crippen molar-refractivity contribution < 1.29 is 17.9 Å². The SMILES string of the molecule is CNC1(C(=O)OC)CCCC(N(C)C2CCS(=O)(=O)C2)C1. The van der Waals surface area contributed by atoms with Gasteiger partial charge in [0.1, 0.15) is 5.54 Å². The molecule has 1 N–H and O–H groups in total. The van der Waals surface area contributed by atoms with Gasteiger partial charge in [0.15, 0.2) is 9.84 Å². The molecule has 1 aliphatic carbocycles.